The molecule has 0 unspecified atom stereocenters. The molecule has 0 bridgehead atoms. The highest BCUT2D eigenvalue weighted by Crippen LogP contribution is 2.26. The number of hydrogen-bond acceptors (Lipinski definition) is 7. The van der Waals surface area contributed by atoms with Crippen molar-refractivity contribution >= 4 is 34.5 Å². The SMILES string of the molecule is CN1CCN(c2nc(N)nc3cc(C(=O)NCC(=O)O)ccc23)CC1. The van der Waals surface area contributed by atoms with Gasteiger partial charge in [0.05, 0.1) is 5.52 Å². The van der Waals surface area contributed by atoms with Gasteiger partial charge in [0, 0.05) is 37.1 Å². The molecular weight excluding hydrogens is 324 g/mol. The Balaban J connectivity index is 1.92. The first-order valence-corrected chi connectivity index (χ1v) is 7.95. The molecule has 2 aromatic rings. The van der Waals surface area contributed by atoms with Crippen LogP contribution in [0.2, 0.25) is 0 Å². The van der Waals surface area contributed by atoms with E-state index in [0.717, 1.165) is 37.4 Å². The van der Waals surface area contributed by atoms with Crippen LogP contribution < -0.4 is 16.0 Å². The minimum absolute atomic E-state index is 0.143. The van der Waals surface area contributed by atoms with Crippen molar-refractivity contribution in [1.29, 1.82) is 0 Å². The van der Waals surface area contributed by atoms with E-state index in [0.29, 0.717) is 11.1 Å². The van der Waals surface area contributed by atoms with Crippen molar-refractivity contribution in [2.75, 3.05) is 50.4 Å². The second-order valence-electron chi connectivity index (χ2n) is 6.00. The Bertz CT molecular complexity index is 817. The van der Waals surface area contributed by atoms with E-state index in [1.54, 1.807) is 18.2 Å². The molecule has 1 aromatic carbocycles. The summed E-state index contributed by atoms with van der Waals surface area (Å²) in [6.45, 7) is 3.10. The van der Waals surface area contributed by atoms with E-state index in [9.17, 15) is 9.59 Å². The second kappa shape index (κ2) is 6.89. The number of nitrogen functional groups attached to an aromatic ring is 1. The van der Waals surface area contributed by atoms with Gasteiger partial charge in [-0.3, -0.25) is 9.59 Å². The molecule has 1 saturated heterocycles. The van der Waals surface area contributed by atoms with E-state index >= 15 is 0 Å². The van der Waals surface area contributed by atoms with Crippen LogP contribution in [0.25, 0.3) is 10.9 Å². The van der Waals surface area contributed by atoms with Crippen LogP contribution in [-0.2, 0) is 4.79 Å². The molecule has 2 heterocycles. The first-order valence-electron chi connectivity index (χ1n) is 7.95. The van der Waals surface area contributed by atoms with Crippen LogP contribution in [-0.4, -0.2) is 71.6 Å². The number of benzene rings is 1. The van der Waals surface area contributed by atoms with Gasteiger partial charge in [0.2, 0.25) is 5.95 Å². The molecule has 0 saturated carbocycles. The third-order valence-corrected chi connectivity index (χ3v) is 4.16. The summed E-state index contributed by atoms with van der Waals surface area (Å²) in [6, 6.07) is 5.01. The number of carboxylic acid groups (broad SMARTS) is 1. The van der Waals surface area contributed by atoms with Gasteiger partial charge in [0.15, 0.2) is 0 Å². The quantitative estimate of drug-likeness (QED) is 0.695. The summed E-state index contributed by atoms with van der Waals surface area (Å²) >= 11 is 0. The summed E-state index contributed by atoms with van der Waals surface area (Å²) in [5.74, 6) is -0.668. The summed E-state index contributed by atoms with van der Waals surface area (Å²) in [5, 5.41) is 11.8. The number of aliphatic carboxylic acids is 1. The normalized spacial score (nSPS) is 15.3. The number of piperazine rings is 1. The molecule has 1 aliphatic rings. The zero-order valence-electron chi connectivity index (χ0n) is 13.9. The average molecular weight is 344 g/mol. The molecular formula is C16H20N6O3. The van der Waals surface area contributed by atoms with Crippen molar-refractivity contribution in [3.8, 4) is 0 Å². The molecule has 9 heteroatoms. The number of carbonyl (C=O) groups is 2. The van der Waals surface area contributed by atoms with Crippen LogP contribution in [0.15, 0.2) is 18.2 Å². The number of hydrogen-bond donors (Lipinski definition) is 3. The number of rotatable bonds is 4. The molecule has 1 fully saturated rings. The Morgan fingerprint density at radius 2 is 1.96 bits per heavy atom. The van der Waals surface area contributed by atoms with Crippen LogP contribution in [0.1, 0.15) is 10.4 Å². The largest absolute Gasteiger partial charge is 0.480 e. The Labute approximate surface area is 144 Å². The van der Waals surface area contributed by atoms with Crippen molar-refractivity contribution in [2.45, 2.75) is 0 Å². The van der Waals surface area contributed by atoms with E-state index < -0.39 is 18.4 Å². The molecule has 0 radical (unpaired) electrons. The third-order valence-electron chi connectivity index (χ3n) is 4.16. The van der Waals surface area contributed by atoms with Gasteiger partial charge in [-0.05, 0) is 25.2 Å². The van der Waals surface area contributed by atoms with Crippen LogP contribution in [0, 0.1) is 0 Å². The highest BCUT2D eigenvalue weighted by atomic mass is 16.4. The Morgan fingerprint density at radius 1 is 1.24 bits per heavy atom. The van der Waals surface area contributed by atoms with E-state index in [4.69, 9.17) is 10.8 Å². The highest BCUT2D eigenvalue weighted by molar-refractivity contribution is 6.01. The van der Waals surface area contributed by atoms with E-state index in [1.807, 2.05) is 0 Å². The van der Waals surface area contributed by atoms with Crippen molar-refractivity contribution in [3.05, 3.63) is 23.8 Å². The van der Waals surface area contributed by atoms with Crippen molar-refractivity contribution in [1.82, 2.24) is 20.2 Å². The molecule has 4 N–H and O–H groups in total. The smallest absolute Gasteiger partial charge is 0.322 e. The van der Waals surface area contributed by atoms with Gasteiger partial charge in [-0.15, -0.1) is 0 Å². The number of nitrogens with one attached hydrogen (secondary N) is 1. The molecule has 1 aliphatic heterocycles. The van der Waals surface area contributed by atoms with Gasteiger partial charge in [-0.2, -0.15) is 4.98 Å². The number of anilines is 2. The molecule has 132 valence electrons. The molecule has 0 aliphatic carbocycles. The number of carboxylic acids is 1. The Hall–Kier alpha value is -2.94. The fourth-order valence-corrected chi connectivity index (χ4v) is 2.79. The standard InChI is InChI=1S/C16H20N6O3/c1-21-4-6-22(7-5-21)14-11-3-2-10(15(25)18-9-13(23)24)8-12(11)19-16(17)20-14/h2-3,8H,4-7,9H2,1H3,(H,18,25)(H,23,24)(H2,17,19,20). The number of likely N-dealkylation sites (N-methyl/N-ethyl adjacent to an activating group) is 1. The molecule has 9 nitrogen and oxygen atoms in total. The Kier molecular flexibility index (Phi) is 4.66. The highest BCUT2D eigenvalue weighted by Gasteiger charge is 2.19. The number of aromatic nitrogens is 2. The molecule has 0 spiro atoms. The van der Waals surface area contributed by atoms with Crippen LogP contribution in [0.4, 0.5) is 11.8 Å². The molecule has 0 atom stereocenters. The maximum absolute atomic E-state index is 12.0. The lowest BCUT2D eigenvalue weighted by Crippen LogP contribution is -2.45. The summed E-state index contributed by atoms with van der Waals surface area (Å²) in [4.78, 5) is 35.6. The first-order chi connectivity index (χ1) is 11.9. The van der Waals surface area contributed by atoms with Crippen LogP contribution in [0.3, 0.4) is 0 Å². The van der Waals surface area contributed by atoms with Crippen molar-refractivity contribution in [3.63, 3.8) is 0 Å². The predicted molar refractivity (Wildman–Crippen MR) is 93.6 cm³/mol. The molecule has 3 rings (SSSR count). The maximum Gasteiger partial charge on any atom is 0.322 e. The maximum atomic E-state index is 12.0. The molecule has 1 amide bonds. The lowest BCUT2D eigenvalue weighted by molar-refractivity contribution is -0.135. The fraction of sp³-hybridized carbons (Fsp3) is 0.375. The zero-order chi connectivity index (χ0) is 18.0. The monoisotopic (exact) mass is 344 g/mol. The first kappa shape index (κ1) is 16.9. The number of nitrogens with zero attached hydrogens (tertiary/aromatic N) is 4. The van der Waals surface area contributed by atoms with Gasteiger partial charge < -0.3 is 26.0 Å². The second-order valence-corrected chi connectivity index (χ2v) is 6.00. The summed E-state index contributed by atoms with van der Waals surface area (Å²) in [6.07, 6.45) is 0. The molecule has 25 heavy (non-hydrogen) atoms. The zero-order valence-corrected chi connectivity index (χ0v) is 13.9. The minimum Gasteiger partial charge on any atom is -0.480 e. The summed E-state index contributed by atoms with van der Waals surface area (Å²) < 4.78 is 0. The van der Waals surface area contributed by atoms with Crippen molar-refractivity contribution < 1.29 is 14.7 Å². The van der Waals surface area contributed by atoms with Crippen LogP contribution >= 0.6 is 0 Å². The average Bonchev–Trinajstić information content (AvgIpc) is 2.59. The number of carbonyl (C=O) groups excluding carboxylic acids is 1. The number of fused-ring (bicyclic) bond motifs is 1. The van der Waals surface area contributed by atoms with E-state index in [1.165, 1.54) is 0 Å². The Morgan fingerprint density at radius 3 is 2.64 bits per heavy atom. The van der Waals surface area contributed by atoms with Gasteiger partial charge in [-0.1, -0.05) is 0 Å². The lowest BCUT2D eigenvalue weighted by atomic mass is 10.1. The van der Waals surface area contributed by atoms with Crippen LogP contribution in [0.5, 0.6) is 0 Å². The third kappa shape index (κ3) is 3.77. The van der Waals surface area contributed by atoms with Gasteiger partial charge in [0.1, 0.15) is 12.4 Å². The predicted octanol–water partition coefficient (Wildman–Crippen LogP) is -0.222. The lowest BCUT2D eigenvalue weighted by Gasteiger charge is -2.33. The van der Waals surface area contributed by atoms with Gasteiger partial charge in [-0.25, -0.2) is 4.98 Å². The van der Waals surface area contributed by atoms with Gasteiger partial charge >= 0.3 is 5.97 Å². The van der Waals surface area contributed by atoms with Gasteiger partial charge in [0.25, 0.3) is 5.91 Å². The fourth-order valence-electron chi connectivity index (χ4n) is 2.79. The van der Waals surface area contributed by atoms with E-state index in [2.05, 4.69) is 32.1 Å². The summed E-state index contributed by atoms with van der Waals surface area (Å²) in [5.41, 5.74) is 6.74. The minimum atomic E-state index is -1.10. The van der Waals surface area contributed by atoms with Crippen molar-refractivity contribution in [2.24, 2.45) is 0 Å². The summed E-state index contributed by atoms with van der Waals surface area (Å²) in [7, 11) is 2.08. The topological polar surface area (TPSA) is 125 Å². The number of nitrogens with two attached hydrogens (primary N) is 1. The molecule has 1 aromatic heterocycles. The number of amides is 1. The van der Waals surface area contributed by atoms with E-state index in [-0.39, 0.29) is 5.95 Å².